The smallest absolute Gasteiger partial charge is 0.226 e. The molecule has 7 heteroatoms. The molecule has 3 aromatic rings. The van der Waals surface area contributed by atoms with E-state index in [4.69, 9.17) is 10.1 Å². The summed E-state index contributed by atoms with van der Waals surface area (Å²) >= 11 is 1.58. The predicted octanol–water partition coefficient (Wildman–Crippen LogP) is 4.37. The number of hydrogen-bond donors (Lipinski definition) is 2. The van der Waals surface area contributed by atoms with Gasteiger partial charge in [-0.25, -0.2) is 4.68 Å². The second-order valence-corrected chi connectivity index (χ2v) is 9.08. The van der Waals surface area contributed by atoms with Crippen LogP contribution in [0.5, 0.6) is 5.75 Å². The monoisotopic (exact) mass is 392 g/mol. The Balaban J connectivity index is 1.69. The maximum Gasteiger partial charge on any atom is 0.226 e. The van der Waals surface area contributed by atoms with Crippen molar-refractivity contribution in [3.05, 3.63) is 58.6 Å². The standard InChI is InChI=1S/C21H20N4O2S/c1-21(2)10-14-17(15(27)11-21)18(12-5-7-13(26)8-6-12)25-20(22-14)23-19(24-25)16-4-3-9-28-16/h3-9,18,26H,10-11H2,1-2H3,(H,22,23,24). The molecule has 0 bridgehead atoms. The van der Waals surface area contributed by atoms with E-state index in [1.807, 2.05) is 29.6 Å². The summed E-state index contributed by atoms with van der Waals surface area (Å²) in [6.07, 6.45) is 1.29. The van der Waals surface area contributed by atoms with E-state index in [9.17, 15) is 9.90 Å². The Labute approximate surface area is 166 Å². The molecule has 1 aromatic carbocycles. The van der Waals surface area contributed by atoms with Crippen LogP contribution in [0.15, 0.2) is 53.0 Å². The van der Waals surface area contributed by atoms with Gasteiger partial charge >= 0.3 is 0 Å². The Bertz CT molecular complexity index is 1090. The van der Waals surface area contributed by atoms with Crippen molar-refractivity contribution in [2.45, 2.75) is 32.7 Å². The summed E-state index contributed by atoms with van der Waals surface area (Å²) in [7, 11) is 0. The first kappa shape index (κ1) is 17.2. The second kappa shape index (κ2) is 6.04. The second-order valence-electron chi connectivity index (χ2n) is 8.13. The number of carbonyl (C=O) groups is 1. The number of phenols is 1. The molecule has 3 heterocycles. The number of nitrogens with one attached hydrogen (secondary N) is 1. The molecule has 2 aromatic heterocycles. The highest BCUT2D eigenvalue weighted by molar-refractivity contribution is 7.13. The fourth-order valence-electron chi connectivity index (χ4n) is 4.08. The lowest BCUT2D eigenvalue weighted by Gasteiger charge is -2.38. The van der Waals surface area contributed by atoms with Gasteiger partial charge in [0, 0.05) is 17.7 Å². The number of anilines is 1. The summed E-state index contributed by atoms with van der Waals surface area (Å²) in [4.78, 5) is 18.8. The number of fused-ring (bicyclic) bond motifs is 1. The van der Waals surface area contributed by atoms with Gasteiger partial charge in [0.15, 0.2) is 11.6 Å². The molecule has 1 aliphatic carbocycles. The molecule has 5 rings (SSSR count). The average molecular weight is 392 g/mol. The number of ketones is 1. The molecule has 0 fully saturated rings. The molecule has 0 radical (unpaired) electrons. The number of aromatic nitrogens is 3. The van der Waals surface area contributed by atoms with Crippen molar-refractivity contribution < 1.29 is 9.90 Å². The molecule has 142 valence electrons. The van der Waals surface area contributed by atoms with E-state index in [0.717, 1.165) is 28.1 Å². The lowest BCUT2D eigenvalue weighted by molar-refractivity contribution is -0.118. The van der Waals surface area contributed by atoms with Gasteiger partial charge in [-0.05, 0) is 41.0 Å². The Kier molecular flexibility index (Phi) is 3.71. The molecular formula is C21H20N4O2S. The summed E-state index contributed by atoms with van der Waals surface area (Å²) in [6.45, 7) is 4.23. The van der Waals surface area contributed by atoms with Gasteiger partial charge in [0.2, 0.25) is 5.95 Å². The van der Waals surface area contributed by atoms with Crippen molar-refractivity contribution in [3.8, 4) is 16.5 Å². The normalized spacial score (nSPS) is 20.5. The number of hydrogen-bond acceptors (Lipinski definition) is 6. The van der Waals surface area contributed by atoms with E-state index in [1.54, 1.807) is 28.2 Å². The van der Waals surface area contributed by atoms with E-state index >= 15 is 0 Å². The van der Waals surface area contributed by atoms with Crippen molar-refractivity contribution in [3.63, 3.8) is 0 Å². The summed E-state index contributed by atoms with van der Waals surface area (Å²) < 4.78 is 1.80. The Morgan fingerprint density at radius 2 is 2.00 bits per heavy atom. The summed E-state index contributed by atoms with van der Waals surface area (Å²) in [6, 6.07) is 10.6. The maximum absolute atomic E-state index is 13.1. The van der Waals surface area contributed by atoms with Gasteiger partial charge in [-0.2, -0.15) is 4.98 Å². The van der Waals surface area contributed by atoms with Crippen molar-refractivity contribution in [1.82, 2.24) is 14.8 Å². The predicted molar refractivity (Wildman–Crippen MR) is 108 cm³/mol. The van der Waals surface area contributed by atoms with Crippen LogP contribution >= 0.6 is 11.3 Å². The molecule has 1 aliphatic heterocycles. The van der Waals surface area contributed by atoms with Crippen LogP contribution in [0.25, 0.3) is 10.7 Å². The van der Waals surface area contributed by atoms with Crippen molar-refractivity contribution in [1.29, 1.82) is 0 Å². The van der Waals surface area contributed by atoms with Crippen LogP contribution < -0.4 is 5.32 Å². The maximum atomic E-state index is 13.1. The Morgan fingerprint density at radius 1 is 1.21 bits per heavy atom. The third-order valence-corrected chi connectivity index (χ3v) is 6.15. The molecule has 6 nitrogen and oxygen atoms in total. The summed E-state index contributed by atoms with van der Waals surface area (Å²) in [5, 5.41) is 19.8. The lowest BCUT2D eigenvalue weighted by Crippen LogP contribution is -2.36. The molecular weight excluding hydrogens is 372 g/mol. The van der Waals surface area contributed by atoms with Crippen LogP contribution in [0.1, 0.15) is 38.3 Å². The number of benzene rings is 1. The van der Waals surface area contributed by atoms with Gasteiger partial charge < -0.3 is 10.4 Å². The number of nitrogens with zero attached hydrogens (tertiary/aromatic N) is 3. The minimum Gasteiger partial charge on any atom is -0.508 e. The first-order chi connectivity index (χ1) is 13.4. The highest BCUT2D eigenvalue weighted by Crippen LogP contribution is 2.45. The molecule has 0 saturated heterocycles. The number of carbonyl (C=O) groups excluding carboxylic acids is 1. The number of rotatable bonds is 2. The SMILES string of the molecule is CC1(C)CC(=O)C2=C(C1)Nc1nc(-c3cccs3)nn1C2c1ccc(O)cc1. The highest BCUT2D eigenvalue weighted by Gasteiger charge is 2.41. The number of Topliss-reactive ketones (excluding diaryl/α,β-unsaturated/α-hetero) is 1. The molecule has 1 atom stereocenters. The average Bonchev–Trinajstić information content (AvgIpc) is 3.29. The summed E-state index contributed by atoms with van der Waals surface area (Å²) in [5.74, 6) is 1.62. The first-order valence-electron chi connectivity index (χ1n) is 9.24. The van der Waals surface area contributed by atoms with Crippen molar-refractivity contribution in [2.24, 2.45) is 5.41 Å². The molecule has 0 spiro atoms. The van der Waals surface area contributed by atoms with Gasteiger partial charge in [-0.15, -0.1) is 16.4 Å². The van der Waals surface area contributed by atoms with Gasteiger partial charge in [-0.1, -0.05) is 32.0 Å². The lowest BCUT2D eigenvalue weighted by atomic mass is 9.73. The highest BCUT2D eigenvalue weighted by atomic mass is 32.1. The fourth-order valence-corrected chi connectivity index (χ4v) is 4.74. The summed E-state index contributed by atoms with van der Waals surface area (Å²) in [5.41, 5.74) is 2.49. The topological polar surface area (TPSA) is 80.0 Å². The fraction of sp³-hybridized carbons (Fsp3) is 0.286. The minimum absolute atomic E-state index is 0.0960. The molecule has 2 aliphatic rings. The molecule has 0 saturated carbocycles. The van der Waals surface area contributed by atoms with Crippen molar-refractivity contribution in [2.75, 3.05) is 5.32 Å². The van der Waals surface area contributed by atoms with Gasteiger partial charge in [-0.3, -0.25) is 4.79 Å². The van der Waals surface area contributed by atoms with Crippen LogP contribution in [0, 0.1) is 5.41 Å². The van der Waals surface area contributed by atoms with Crippen LogP contribution in [0.4, 0.5) is 5.95 Å². The first-order valence-corrected chi connectivity index (χ1v) is 10.1. The number of aromatic hydroxyl groups is 1. The zero-order valence-electron chi connectivity index (χ0n) is 15.6. The van der Waals surface area contributed by atoms with Crippen LogP contribution in [0.3, 0.4) is 0 Å². The molecule has 1 unspecified atom stereocenters. The van der Waals surface area contributed by atoms with Gasteiger partial charge in [0.05, 0.1) is 4.88 Å². The Hall–Kier alpha value is -2.93. The largest absolute Gasteiger partial charge is 0.508 e. The number of allylic oxidation sites excluding steroid dienone is 2. The zero-order chi connectivity index (χ0) is 19.5. The zero-order valence-corrected chi connectivity index (χ0v) is 16.5. The van der Waals surface area contributed by atoms with E-state index in [1.165, 1.54) is 0 Å². The molecule has 0 amide bonds. The Morgan fingerprint density at radius 3 is 2.71 bits per heavy atom. The third kappa shape index (κ3) is 2.74. The van der Waals surface area contributed by atoms with Crippen LogP contribution in [-0.2, 0) is 4.79 Å². The van der Waals surface area contributed by atoms with E-state index in [0.29, 0.717) is 18.2 Å². The van der Waals surface area contributed by atoms with Gasteiger partial charge in [0.25, 0.3) is 0 Å². The number of thiophene rings is 1. The molecule has 28 heavy (non-hydrogen) atoms. The quantitative estimate of drug-likeness (QED) is 0.677. The van der Waals surface area contributed by atoms with Crippen LogP contribution in [0.2, 0.25) is 0 Å². The van der Waals surface area contributed by atoms with Crippen molar-refractivity contribution >= 4 is 23.1 Å². The van der Waals surface area contributed by atoms with Crippen LogP contribution in [-0.4, -0.2) is 25.7 Å². The molecule has 2 N–H and O–H groups in total. The van der Waals surface area contributed by atoms with E-state index < -0.39 is 0 Å². The van der Waals surface area contributed by atoms with E-state index in [-0.39, 0.29) is 23.0 Å². The minimum atomic E-state index is -0.350. The number of phenolic OH excluding ortho intramolecular Hbond substituents is 1. The third-order valence-electron chi connectivity index (χ3n) is 5.28. The van der Waals surface area contributed by atoms with E-state index in [2.05, 4.69) is 19.2 Å². The van der Waals surface area contributed by atoms with Gasteiger partial charge in [0.1, 0.15) is 11.8 Å².